The Morgan fingerprint density at radius 3 is 2.86 bits per heavy atom. The minimum atomic E-state index is -0.156. The molecule has 0 spiro atoms. The first-order chi connectivity index (χ1) is 10.5. The summed E-state index contributed by atoms with van der Waals surface area (Å²) in [6.07, 6.45) is 6.74. The van der Waals surface area contributed by atoms with E-state index >= 15 is 0 Å². The lowest BCUT2D eigenvalue weighted by atomic mass is 9.89. The molecule has 0 aliphatic heterocycles. The molecule has 120 valence electrons. The summed E-state index contributed by atoms with van der Waals surface area (Å²) in [7, 11) is 1.67. The first-order valence-electron chi connectivity index (χ1n) is 7.38. The second-order valence-electron chi connectivity index (χ2n) is 5.54. The van der Waals surface area contributed by atoms with Crippen LogP contribution in [0.15, 0.2) is 15.7 Å². The van der Waals surface area contributed by atoms with Gasteiger partial charge in [0.1, 0.15) is 10.8 Å². The van der Waals surface area contributed by atoms with E-state index in [2.05, 4.69) is 10.3 Å². The third kappa shape index (κ3) is 4.33. The maximum Gasteiger partial charge on any atom is 0.324 e. The van der Waals surface area contributed by atoms with E-state index in [1.807, 2.05) is 0 Å². The molecule has 0 bridgehead atoms. The van der Waals surface area contributed by atoms with Crippen molar-refractivity contribution < 1.29 is 19.2 Å². The zero-order valence-electron chi connectivity index (χ0n) is 12.8. The van der Waals surface area contributed by atoms with Crippen LogP contribution < -0.4 is 14.9 Å². The summed E-state index contributed by atoms with van der Waals surface area (Å²) in [6, 6.07) is 0. The summed E-state index contributed by atoms with van der Waals surface area (Å²) in [5.74, 6) is -0.0489. The first kappa shape index (κ1) is 16.5. The third-order valence-corrected chi connectivity index (χ3v) is 4.10. The molecular weight excluding hydrogens is 304 g/mol. The fraction of sp³-hybridized carbons (Fsp3) is 0.643. The average molecular weight is 324 g/mol. The van der Waals surface area contributed by atoms with E-state index in [-0.39, 0.29) is 29.9 Å². The van der Waals surface area contributed by atoms with Gasteiger partial charge in [0.2, 0.25) is 5.27 Å². The number of Topliss-reactive ketones (excluding diaryl/α,β-unsaturated/α-hetero) is 1. The molecule has 0 amide bonds. The Morgan fingerprint density at radius 1 is 1.55 bits per heavy atom. The number of rotatable bonds is 5. The molecule has 1 aliphatic carbocycles. The van der Waals surface area contributed by atoms with E-state index in [4.69, 9.17) is 16.7 Å². The van der Waals surface area contributed by atoms with Gasteiger partial charge in [-0.25, -0.2) is 4.99 Å². The molecule has 0 unspecified atom stereocenters. The van der Waals surface area contributed by atoms with Crippen LogP contribution in [-0.2, 0) is 4.79 Å². The van der Waals surface area contributed by atoms with Gasteiger partial charge >= 0.3 is 5.88 Å². The van der Waals surface area contributed by atoms with Crippen LogP contribution in [0.5, 0.6) is 0 Å². The molecule has 0 radical (unpaired) electrons. The maximum atomic E-state index is 12.1. The van der Waals surface area contributed by atoms with Crippen molar-refractivity contribution in [2.45, 2.75) is 45.4 Å². The molecule has 8 heteroatoms. The molecule has 1 aromatic heterocycles. The number of ketones is 1. The predicted octanol–water partition coefficient (Wildman–Crippen LogP) is 0.807. The van der Waals surface area contributed by atoms with Crippen molar-refractivity contribution >= 4 is 34.8 Å². The summed E-state index contributed by atoms with van der Waals surface area (Å²) in [5, 5.41) is 17.3. The van der Waals surface area contributed by atoms with Crippen molar-refractivity contribution in [3.8, 4) is 0 Å². The Balaban J connectivity index is 2.04. The molecule has 1 aromatic rings. The summed E-state index contributed by atoms with van der Waals surface area (Å²) in [6.45, 7) is 1.47. The first-order valence-corrected chi connectivity index (χ1v) is 7.78. The summed E-state index contributed by atoms with van der Waals surface area (Å²) in [5.41, 5.74) is 0. The predicted molar refractivity (Wildman–Crippen MR) is 82.4 cm³/mol. The SMILES string of the molecule is CC(=O)CC(=S)N(C)[n+]1cc(N=C([O-])C2CCCCC2)on1. The van der Waals surface area contributed by atoms with Gasteiger partial charge in [-0.1, -0.05) is 31.5 Å². The van der Waals surface area contributed by atoms with Gasteiger partial charge in [0.15, 0.2) is 0 Å². The van der Waals surface area contributed by atoms with Gasteiger partial charge in [-0.2, -0.15) is 0 Å². The second kappa shape index (κ2) is 7.44. The van der Waals surface area contributed by atoms with Crippen molar-refractivity contribution in [1.82, 2.24) is 5.27 Å². The topological polar surface area (TPSA) is 85.6 Å². The van der Waals surface area contributed by atoms with Crippen LogP contribution in [0.4, 0.5) is 5.88 Å². The molecule has 1 saturated carbocycles. The lowest BCUT2D eigenvalue weighted by molar-refractivity contribution is -0.744. The van der Waals surface area contributed by atoms with Crippen molar-refractivity contribution in [2.24, 2.45) is 10.9 Å². The Kier molecular flexibility index (Phi) is 5.59. The highest BCUT2D eigenvalue weighted by Crippen LogP contribution is 2.24. The van der Waals surface area contributed by atoms with Crippen LogP contribution in [0.3, 0.4) is 0 Å². The van der Waals surface area contributed by atoms with E-state index in [1.165, 1.54) is 29.3 Å². The van der Waals surface area contributed by atoms with Crippen molar-refractivity contribution in [3.63, 3.8) is 0 Å². The lowest BCUT2D eigenvalue weighted by Gasteiger charge is -2.25. The molecule has 1 fully saturated rings. The maximum absolute atomic E-state index is 12.1. The van der Waals surface area contributed by atoms with E-state index in [0.29, 0.717) is 4.99 Å². The smallest absolute Gasteiger partial charge is 0.324 e. The number of carbonyl (C=O) groups is 1. The van der Waals surface area contributed by atoms with Gasteiger partial charge < -0.3 is 5.11 Å². The molecule has 2 rings (SSSR count). The second-order valence-corrected chi connectivity index (χ2v) is 6.01. The number of thiocarbonyl (C=S) groups is 1. The molecular formula is C14H20N4O3S. The monoisotopic (exact) mass is 324 g/mol. The molecule has 1 heterocycles. The van der Waals surface area contributed by atoms with Crippen molar-refractivity contribution in [3.05, 3.63) is 6.20 Å². The minimum Gasteiger partial charge on any atom is -0.861 e. The van der Waals surface area contributed by atoms with E-state index in [9.17, 15) is 9.90 Å². The number of aliphatic imine (C=N–C) groups is 1. The van der Waals surface area contributed by atoms with Crippen molar-refractivity contribution in [1.29, 1.82) is 0 Å². The van der Waals surface area contributed by atoms with E-state index < -0.39 is 0 Å². The van der Waals surface area contributed by atoms with Gasteiger partial charge in [-0.3, -0.25) is 9.32 Å². The Morgan fingerprint density at radius 2 is 2.23 bits per heavy atom. The standard InChI is InChI=1S/C14H20N4O3S/c1-10(19)8-13(22)17(2)18-9-12(21-16-18)15-14(20)11-6-4-3-5-7-11/h9,11H,3-8H2,1-2H3. The van der Waals surface area contributed by atoms with Gasteiger partial charge in [-0.05, 0) is 31.6 Å². The number of nitrogens with zero attached hydrogens (tertiary/aromatic N) is 4. The highest BCUT2D eigenvalue weighted by Gasteiger charge is 2.21. The fourth-order valence-electron chi connectivity index (χ4n) is 2.41. The van der Waals surface area contributed by atoms with Crippen LogP contribution in [0, 0.1) is 5.92 Å². The molecule has 0 aromatic carbocycles. The highest BCUT2D eigenvalue weighted by atomic mass is 32.1. The molecule has 1 aliphatic rings. The van der Waals surface area contributed by atoms with Gasteiger partial charge in [-0.15, -0.1) is 5.01 Å². The van der Waals surface area contributed by atoms with Crippen LogP contribution in [0.25, 0.3) is 0 Å². The zero-order chi connectivity index (χ0) is 16.1. The Bertz CT molecular complexity index is 578. The zero-order valence-corrected chi connectivity index (χ0v) is 13.6. The third-order valence-electron chi connectivity index (χ3n) is 3.69. The van der Waals surface area contributed by atoms with E-state index in [1.54, 1.807) is 7.05 Å². The Labute approximate surface area is 134 Å². The number of hydrogen-bond donors (Lipinski definition) is 0. The number of hydrogen-bond acceptors (Lipinski definition) is 6. The largest absolute Gasteiger partial charge is 0.861 e. The van der Waals surface area contributed by atoms with Gasteiger partial charge in [0.25, 0.3) is 6.20 Å². The quantitative estimate of drug-likeness (QED) is 0.345. The number of aromatic nitrogens is 2. The summed E-state index contributed by atoms with van der Waals surface area (Å²) < 4.78 is 5.04. The molecule has 7 nitrogen and oxygen atoms in total. The van der Waals surface area contributed by atoms with Gasteiger partial charge in [0.05, 0.1) is 18.3 Å². The molecule has 0 saturated heterocycles. The highest BCUT2D eigenvalue weighted by molar-refractivity contribution is 7.80. The lowest BCUT2D eigenvalue weighted by Crippen LogP contribution is -2.59. The summed E-state index contributed by atoms with van der Waals surface area (Å²) >= 11 is 5.14. The van der Waals surface area contributed by atoms with Crippen LogP contribution >= 0.6 is 12.2 Å². The van der Waals surface area contributed by atoms with E-state index in [0.717, 1.165) is 25.7 Å². The minimum absolute atomic E-state index is 0.0104. The van der Waals surface area contributed by atoms with Crippen LogP contribution in [0.2, 0.25) is 0 Å². The molecule has 0 atom stereocenters. The van der Waals surface area contributed by atoms with Crippen LogP contribution in [-0.4, -0.2) is 29.0 Å². The van der Waals surface area contributed by atoms with Gasteiger partial charge in [0, 0.05) is 0 Å². The Hall–Kier alpha value is -1.83. The molecule has 22 heavy (non-hydrogen) atoms. The summed E-state index contributed by atoms with van der Waals surface area (Å²) in [4.78, 5) is 16.8. The van der Waals surface area contributed by atoms with Crippen molar-refractivity contribution in [2.75, 3.05) is 12.1 Å². The number of carbonyl (C=O) groups excluding carboxylic acids is 1. The normalized spacial score (nSPS) is 16.5. The average Bonchev–Trinajstić information content (AvgIpc) is 2.95. The molecule has 0 N–H and O–H groups in total. The fourth-order valence-corrected chi connectivity index (χ4v) is 2.70. The van der Waals surface area contributed by atoms with Crippen LogP contribution in [0.1, 0.15) is 45.4 Å².